The highest BCUT2D eigenvalue weighted by Crippen LogP contribution is 2.25. The normalized spacial score (nSPS) is 17.2. The molecule has 1 aromatic carbocycles. The van der Waals surface area contributed by atoms with Gasteiger partial charge in [0.2, 0.25) is 0 Å². The van der Waals surface area contributed by atoms with Crippen LogP contribution in [0.5, 0.6) is 0 Å². The molecule has 0 bridgehead atoms. The van der Waals surface area contributed by atoms with Crippen LogP contribution in [0.3, 0.4) is 0 Å². The van der Waals surface area contributed by atoms with Crippen molar-refractivity contribution in [3.63, 3.8) is 0 Å². The Hall–Kier alpha value is -2.09. The number of thiophene rings is 1. The summed E-state index contributed by atoms with van der Waals surface area (Å²) < 4.78 is 5.62. The lowest BCUT2D eigenvalue weighted by atomic mass is 9.98. The Morgan fingerprint density at radius 1 is 1.35 bits per heavy atom. The van der Waals surface area contributed by atoms with Crippen LogP contribution < -0.4 is 5.32 Å². The average molecular weight is 414 g/mol. The Bertz CT molecular complexity index is 882. The van der Waals surface area contributed by atoms with Crippen molar-refractivity contribution < 1.29 is 24.2 Å². The van der Waals surface area contributed by atoms with E-state index in [0.717, 1.165) is 0 Å². The number of carboxylic acid groups (broad SMARTS) is 1. The van der Waals surface area contributed by atoms with Gasteiger partial charge in [-0.2, -0.15) is 0 Å². The predicted octanol–water partition coefficient (Wildman–Crippen LogP) is 2.95. The standard InChI is InChI=1S/C17H13Cl2NO5S/c18-10-2-1-8-6-13(25-17(24)11(8)7-10)15(21)20-12(16(22)23)5-9-3-4-26-14(9)19/h1-4,7,12-13H,5-6H2,(H,20,21)(H,22,23). The summed E-state index contributed by atoms with van der Waals surface area (Å²) in [5.41, 5.74) is 1.56. The molecule has 0 radical (unpaired) electrons. The van der Waals surface area contributed by atoms with E-state index in [1.807, 2.05) is 0 Å². The van der Waals surface area contributed by atoms with Crippen molar-refractivity contribution in [1.29, 1.82) is 0 Å². The van der Waals surface area contributed by atoms with Crippen molar-refractivity contribution in [1.82, 2.24) is 5.32 Å². The minimum atomic E-state index is -1.20. The maximum absolute atomic E-state index is 12.4. The summed E-state index contributed by atoms with van der Waals surface area (Å²) in [4.78, 5) is 36.0. The molecule has 3 rings (SSSR count). The Kier molecular flexibility index (Phi) is 5.50. The van der Waals surface area contributed by atoms with E-state index < -0.39 is 30.0 Å². The van der Waals surface area contributed by atoms with Gasteiger partial charge in [0, 0.05) is 17.9 Å². The first-order valence-electron chi connectivity index (χ1n) is 7.59. The molecular weight excluding hydrogens is 401 g/mol. The van der Waals surface area contributed by atoms with Crippen LogP contribution in [0.15, 0.2) is 29.6 Å². The second kappa shape index (κ2) is 7.65. The van der Waals surface area contributed by atoms with Gasteiger partial charge in [-0.3, -0.25) is 4.79 Å². The number of hydrogen-bond acceptors (Lipinski definition) is 5. The lowest BCUT2D eigenvalue weighted by Gasteiger charge is -2.25. The van der Waals surface area contributed by atoms with E-state index in [9.17, 15) is 19.5 Å². The van der Waals surface area contributed by atoms with Gasteiger partial charge >= 0.3 is 11.9 Å². The van der Waals surface area contributed by atoms with Crippen LogP contribution in [0.4, 0.5) is 0 Å². The zero-order valence-electron chi connectivity index (χ0n) is 13.2. The van der Waals surface area contributed by atoms with Crippen LogP contribution in [-0.2, 0) is 27.2 Å². The molecule has 1 aromatic heterocycles. The van der Waals surface area contributed by atoms with E-state index >= 15 is 0 Å². The van der Waals surface area contributed by atoms with Gasteiger partial charge in [0.1, 0.15) is 6.04 Å². The molecule has 0 saturated carbocycles. The molecule has 0 saturated heterocycles. The van der Waals surface area contributed by atoms with Gasteiger partial charge < -0.3 is 15.2 Å². The first-order chi connectivity index (χ1) is 12.3. The zero-order chi connectivity index (χ0) is 18.8. The minimum Gasteiger partial charge on any atom is -0.480 e. The number of amides is 1. The van der Waals surface area contributed by atoms with Gasteiger partial charge in [-0.15, -0.1) is 11.3 Å². The number of aliphatic carboxylic acids is 1. The maximum atomic E-state index is 12.4. The second-order valence-electron chi connectivity index (χ2n) is 5.72. The largest absolute Gasteiger partial charge is 0.480 e. The highest BCUT2D eigenvalue weighted by molar-refractivity contribution is 7.14. The Labute approximate surface area is 162 Å². The molecule has 2 N–H and O–H groups in total. The van der Waals surface area contributed by atoms with Gasteiger partial charge in [-0.1, -0.05) is 29.3 Å². The van der Waals surface area contributed by atoms with Crippen LogP contribution in [0.25, 0.3) is 0 Å². The number of hydrogen-bond donors (Lipinski definition) is 2. The van der Waals surface area contributed by atoms with Crippen molar-refractivity contribution in [2.45, 2.75) is 25.0 Å². The third-order valence-electron chi connectivity index (χ3n) is 3.97. The smallest absolute Gasteiger partial charge is 0.339 e. The van der Waals surface area contributed by atoms with Crippen LogP contribution in [0, 0.1) is 0 Å². The molecule has 0 aliphatic carbocycles. The maximum Gasteiger partial charge on any atom is 0.339 e. The first-order valence-corrected chi connectivity index (χ1v) is 9.23. The Morgan fingerprint density at radius 3 is 2.77 bits per heavy atom. The van der Waals surface area contributed by atoms with E-state index in [0.29, 0.717) is 26.0 Å². The number of rotatable bonds is 5. The van der Waals surface area contributed by atoms with Crippen LogP contribution >= 0.6 is 34.5 Å². The van der Waals surface area contributed by atoms with E-state index in [2.05, 4.69) is 5.32 Å². The number of halogens is 2. The van der Waals surface area contributed by atoms with Crippen LogP contribution in [-0.4, -0.2) is 35.1 Å². The highest BCUT2D eigenvalue weighted by atomic mass is 35.5. The zero-order valence-corrected chi connectivity index (χ0v) is 15.5. The number of carboxylic acids is 1. The number of fused-ring (bicyclic) bond motifs is 1. The molecule has 26 heavy (non-hydrogen) atoms. The third-order valence-corrected chi connectivity index (χ3v) is 5.46. The molecular formula is C17H13Cl2NO5S. The molecule has 2 unspecified atom stereocenters. The molecule has 2 aromatic rings. The average Bonchev–Trinajstić information content (AvgIpc) is 2.99. The quantitative estimate of drug-likeness (QED) is 0.734. The van der Waals surface area contributed by atoms with Crippen LogP contribution in [0.2, 0.25) is 9.36 Å². The van der Waals surface area contributed by atoms with Crippen LogP contribution in [0.1, 0.15) is 21.5 Å². The molecule has 2 heterocycles. The fourth-order valence-electron chi connectivity index (χ4n) is 2.65. The monoisotopic (exact) mass is 413 g/mol. The number of nitrogens with one attached hydrogen (secondary N) is 1. The summed E-state index contributed by atoms with van der Waals surface area (Å²) in [5, 5.41) is 13.9. The number of ether oxygens (including phenoxy) is 1. The lowest BCUT2D eigenvalue weighted by molar-refractivity contribution is -0.143. The summed E-state index contributed by atoms with van der Waals surface area (Å²) in [7, 11) is 0. The number of carbonyl (C=O) groups excluding carboxylic acids is 2. The Morgan fingerprint density at radius 2 is 2.12 bits per heavy atom. The number of carbonyl (C=O) groups is 3. The fourth-order valence-corrected chi connectivity index (χ4v) is 3.77. The molecule has 0 spiro atoms. The van der Waals surface area contributed by atoms with E-state index in [-0.39, 0.29) is 12.8 Å². The van der Waals surface area contributed by atoms with Gasteiger partial charge in [-0.05, 0) is 34.7 Å². The SMILES string of the molecule is O=C1OC(C(=O)NC(Cc2ccsc2Cl)C(=O)O)Cc2ccc(Cl)cc21. The molecule has 6 nitrogen and oxygen atoms in total. The predicted molar refractivity (Wildman–Crippen MR) is 97.0 cm³/mol. The summed E-state index contributed by atoms with van der Waals surface area (Å²) in [6.45, 7) is 0. The number of benzene rings is 1. The first kappa shape index (κ1) is 18.7. The van der Waals surface area contributed by atoms with Crippen molar-refractivity contribution >= 4 is 52.4 Å². The van der Waals surface area contributed by atoms with Crippen molar-refractivity contribution in [2.75, 3.05) is 0 Å². The topological polar surface area (TPSA) is 92.7 Å². The summed E-state index contributed by atoms with van der Waals surface area (Å²) in [5.74, 6) is -2.53. The molecule has 1 aliphatic rings. The molecule has 1 aliphatic heterocycles. The lowest BCUT2D eigenvalue weighted by Crippen LogP contribution is -2.49. The van der Waals surface area contributed by atoms with Crippen molar-refractivity contribution in [3.05, 3.63) is 55.7 Å². The third kappa shape index (κ3) is 4.00. The molecule has 136 valence electrons. The van der Waals surface area contributed by atoms with Gasteiger partial charge in [0.15, 0.2) is 6.10 Å². The highest BCUT2D eigenvalue weighted by Gasteiger charge is 2.33. The van der Waals surface area contributed by atoms with Gasteiger partial charge in [0.05, 0.1) is 9.90 Å². The summed E-state index contributed by atoms with van der Waals surface area (Å²) >= 11 is 13.1. The number of esters is 1. The Balaban J connectivity index is 1.72. The minimum absolute atomic E-state index is 0.0380. The fraction of sp³-hybridized carbons (Fsp3) is 0.235. The van der Waals surface area contributed by atoms with Gasteiger partial charge in [-0.25, -0.2) is 9.59 Å². The molecule has 1 amide bonds. The van der Waals surface area contributed by atoms with Gasteiger partial charge in [0.25, 0.3) is 5.91 Å². The van der Waals surface area contributed by atoms with E-state index in [1.165, 1.54) is 17.4 Å². The summed E-state index contributed by atoms with van der Waals surface area (Å²) in [6.07, 6.45) is -0.915. The second-order valence-corrected chi connectivity index (χ2v) is 7.68. The summed E-state index contributed by atoms with van der Waals surface area (Å²) in [6, 6.07) is 5.27. The van der Waals surface area contributed by atoms with Crippen molar-refractivity contribution in [2.24, 2.45) is 0 Å². The number of cyclic esters (lactones) is 1. The van der Waals surface area contributed by atoms with E-state index in [4.69, 9.17) is 27.9 Å². The van der Waals surface area contributed by atoms with E-state index in [1.54, 1.807) is 23.6 Å². The molecule has 2 atom stereocenters. The molecule has 0 fully saturated rings. The molecule has 9 heteroatoms. The van der Waals surface area contributed by atoms with Crippen molar-refractivity contribution in [3.8, 4) is 0 Å².